The van der Waals surface area contributed by atoms with Crippen LogP contribution >= 0.6 is 0 Å². The van der Waals surface area contributed by atoms with Gasteiger partial charge in [-0.1, -0.05) is 0 Å². The number of nitro groups is 1. The Morgan fingerprint density at radius 3 is 2.56 bits per heavy atom. The first-order chi connectivity index (χ1) is 8.69. The van der Waals surface area contributed by atoms with E-state index in [-0.39, 0.29) is 17.1 Å². The summed E-state index contributed by atoms with van der Waals surface area (Å²) in [5.74, 6) is 0.541. The standard InChI is InChI=1S/C11H6N4O3/c1-12-8-2-9(15(16)17)4-10(3-8)18-11-5-13-7-14-6-11/h2-7H. The molecule has 0 bridgehead atoms. The van der Waals surface area contributed by atoms with E-state index in [0.717, 1.165) is 0 Å². The maximum atomic E-state index is 10.7. The molecule has 0 aliphatic heterocycles. The smallest absolute Gasteiger partial charge is 0.263 e. The zero-order valence-electron chi connectivity index (χ0n) is 8.98. The number of ether oxygens (including phenoxy) is 1. The molecule has 7 nitrogen and oxygen atoms in total. The second kappa shape index (κ2) is 4.88. The number of hydrogen-bond donors (Lipinski definition) is 0. The lowest BCUT2D eigenvalue weighted by molar-refractivity contribution is -0.384. The highest BCUT2D eigenvalue weighted by Crippen LogP contribution is 2.30. The highest BCUT2D eigenvalue weighted by molar-refractivity contribution is 5.57. The SMILES string of the molecule is [C-]#[N+]c1cc(Oc2cncnc2)cc([N+](=O)[O-])c1. The Morgan fingerprint density at radius 2 is 1.94 bits per heavy atom. The van der Waals surface area contributed by atoms with Crippen molar-refractivity contribution in [3.05, 3.63) is 58.5 Å². The Morgan fingerprint density at radius 1 is 1.22 bits per heavy atom. The van der Waals surface area contributed by atoms with Crippen molar-refractivity contribution in [2.75, 3.05) is 0 Å². The third kappa shape index (κ3) is 2.56. The fraction of sp³-hybridized carbons (Fsp3) is 0. The molecule has 0 saturated carbocycles. The van der Waals surface area contributed by atoms with Crippen molar-refractivity contribution in [1.29, 1.82) is 0 Å². The van der Waals surface area contributed by atoms with Gasteiger partial charge in [0, 0.05) is 6.07 Å². The van der Waals surface area contributed by atoms with Crippen LogP contribution in [-0.4, -0.2) is 14.9 Å². The van der Waals surface area contributed by atoms with Gasteiger partial charge in [0.25, 0.3) is 5.69 Å². The van der Waals surface area contributed by atoms with Gasteiger partial charge in [0.1, 0.15) is 12.1 Å². The van der Waals surface area contributed by atoms with Crippen molar-refractivity contribution in [3.8, 4) is 11.5 Å². The van der Waals surface area contributed by atoms with Crippen LogP contribution in [0.15, 0.2) is 36.9 Å². The summed E-state index contributed by atoms with van der Waals surface area (Å²) in [5.41, 5.74) is -0.0635. The molecule has 1 aromatic heterocycles. The monoisotopic (exact) mass is 242 g/mol. The second-order valence-electron chi connectivity index (χ2n) is 3.23. The van der Waals surface area contributed by atoms with Gasteiger partial charge in [0.2, 0.25) is 0 Å². The van der Waals surface area contributed by atoms with Crippen molar-refractivity contribution in [3.63, 3.8) is 0 Å². The molecule has 0 aliphatic rings. The molecule has 0 radical (unpaired) electrons. The minimum absolute atomic E-state index is 0.135. The Hall–Kier alpha value is -3.01. The van der Waals surface area contributed by atoms with Gasteiger partial charge in [-0.25, -0.2) is 14.8 Å². The second-order valence-corrected chi connectivity index (χ2v) is 3.23. The minimum atomic E-state index is -0.580. The highest BCUT2D eigenvalue weighted by atomic mass is 16.6. The molecule has 1 aromatic carbocycles. The van der Waals surface area contributed by atoms with Crippen molar-refractivity contribution in [2.45, 2.75) is 0 Å². The lowest BCUT2D eigenvalue weighted by Gasteiger charge is -2.04. The van der Waals surface area contributed by atoms with Gasteiger partial charge < -0.3 is 4.74 Å². The van der Waals surface area contributed by atoms with Crippen LogP contribution in [0.4, 0.5) is 11.4 Å². The first-order valence-corrected chi connectivity index (χ1v) is 4.79. The molecule has 0 atom stereocenters. The molecule has 0 unspecified atom stereocenters. The summed E-state index contributed by atoms with van der Waals surface area (Å²) < 4.78 is 5.34. The van der Waals surface area contributed by atoms with Gasteiger partial charge in [-0.15, -0.1) is 0 Å². The van der Waals surface area contributed by atoms with Crippen LogP contribution < -0.4 is 4.74 Å². The van der Waals surface area contributed by atoms with E-state index in [0.29, 0.717) is 5.75 Å². The van der Waals surface area contributed by atoms with Gasteiger partial charge in [0.15, 0.2) is 11.4 Å². The lowest BCUT2D eigenvalue weighted by Crippen LogP contribution is -1.90. The Labute approximate surface area is 102 Å². The Bertz CT molecular complexity index is 622. The summed E-state index contributed by atoms with van der Waals surface area (Å²) in [6.07, 6.45) is 4.18. The molecule has 88 valence electrons. The average molecular weight is 242 g/mol. The van der Waals surface area contributed by atoms with Crippen molar-refractivity contribution >= 4 is 11.4 Å². The number of nitrogens with zero attached hydrogens (tertiary/aromatic N) is 4. The van der Waals surface area contributed by atoms with Crippen molar-refractivity contribution in [2.24, 2.45) is 0 Å². The van der Waals surface area contributed by atoms with E-state index in [2.05, 4.69) is 14.8 Å². The van der Waals surface area contributed by atoms with E-state index in [4.69, 9.17) is 11.3 Å². The summed E-state index contributed by atoms with van der Waals surface area (Å²) in [6, 6.07) is 3.83. The van der Waals surface area contributed by atoms with Crippen molar-refractivity contribution < 1.29 is 9.66 Å². The van der Waals surface area contributed by atoms with Gasteiger partial charge >= 0.3 is 0 Å². The maximum absolute atomic E-state index is 10.7. The molecule has 0 aliphatic carbocycles. The zero-order chi connectivity index (χ0) is 13.0. The molecule has 7 heteroatoms. The number of benzene rings is 1. The number of nitro benzene ring substituents is 1. The van der Waals surface area contributed by atoms with E-state index >= 15 is 0 Å². The molecule has 0 fully saturated rings. The van der Waals surface area contributed by atoms with E-state index in [9.17, 15) is 10.1 Å². The van der Waals surface area contributed by atoms with E-state index in [1.165, 1.54) is 36.9 Å². The van der Waals surface area contributed by atoms with Crippen LogP contribution in [0.5, 0.6) is 11.5 Å². The van der Waals surface area contributed by atoms with Gasteiger partial charge in [-0.3, -0.25) is 10.1 Å². The van der Waals surface area contributed by atoms with Crippen LogP contribution in [0.1, 0.15) is 0 Å². The first kappa shape index (κ1) is 11.5. The number of hydrogen-bond acceptors (Lipinski definition) is 5. The van der Waals surface area contributed by atoms with Crippen LogP contribution in [-0.2, 0) is 0 Å². The minimum Gasteiger partial charge on any atom is -0.455 e. The Kier molecular flexibility index (Phi) is 3.11. The molecule has 1 heterocycles. The molecule has 0 N–H and O–H groups in total. The van der Waals surface area contributed by atoms with Crippen LogP contribution in [0.25, 0.3) is 4.85 Å². The predicted molar refractivity (Wildman–Crippen MR) is 61.5 cm³/mol. The summed E-state index contributed by atoms with van der Waals surface area (Å²) in [6.45, 7) is 6.88. The van der Waals surface area contributed by atoms with Gasteiger partial charge in [-0.05, 0) is 6.07 Å². The third-order valence-electron chi connectivity index (χ3n) is 1.99. The van der Waals surface area contributed by atoms with Gasteiger partial charge in [0.05, 0.1) is 30.0 Å². The molecular formula is C11H6N4O3. The predicted octanol–water partition coefficient (Wildman–Crippen LogP) is 2.73. The van der Waals surface area contributed by atoms with E-state index in [1.54, 1.807) is 0 Å². The molecule has 0 saturated heterocycles. The molecule has 2 rings (SSSR count). The normalized spacial score (nSPS) is 9.50. The summed E-state index contributed by atoms with van der Waals surface area (Å²) >= 11 is 0. The number of non-ortho nitro benzene ring substituents is 1. The summed E-state index contributed by atoms with van der Waals surface area (Å²) in [4.78, 5) is 20.8. The lowest BCUT2D eigenvalue weighted by atomic mass is 10.2. The zero-order valence-corrected chi connectivity index (χ0v) is 8.98. The molecule has 0 amide bonds. The third-order valence-corrected chi connectivity index (χ3v) is 1.99. The maximum Gasteiger partial charge on any atom is 0.263 e. The summed E-state index contributed by atoms with van der Waals surface area (Å²) in [7, 11) is 0. The molecular weight excluding hydrogens is 236 g/mol. The summed E-state index contributed by atoms with van der Waals surface area (Å²) in [5, 5.41) is 10.7. The topological polar surface area (TPSA) is 82.5 Å². The quantitative estimate of drug-likeness (QED) is 0.469. The van der Waals surface area contributed by atoms with Crippen molar-refractivity contribution in [1.82, 2.24) is 9.97 Å². The van der Waals surface area contributed by atoms with Crippen LogP contribution in [0.3, 0.4) is 0 Å². The van der Waals surface area contributed by atoms with Crippen LogP contribution in [0.2, 0.25) is 0 Å². The number of rotatable bonds is 3. The molecule has 2 aromatic rings. The molecule has 0 spiro atoms. The van der Waals surface area contributed by atoms with Crippen LogP contribution in [0, 0.1) is 16.7 Å². The van der Waals surface area contributed by atoms with E-state index in [1.807, 2.05) is 0 Å². The van der Waals surface area contributed by atoms with E-state index < -0.39 is 4.92 Å². The van der Waals surface area contributed by atoms with Gasteiger partial charge in [-0.2, -0.15) is 0 Å². The average Bonchev–Trinajstić information content (AvgIpc) is 2.39. The largest absolute Gasteiger partial charge is 0.455 e. The molecule has 18 heavy (non-hydrogen) atoms. The highest BCUT2D eigenvalue weighted by Gasteiger charge is 2.11. The Balaban J connectivity index is 2.36. The number of aromatic nitrogens is 2. The first-order valence-electron chi connectivity index (χ1n) is 4.79. The fourth-order valence-electron chi connectivity index (χ4n) is 1.27. The fourth-order valence-corrected chi connectivity index (χ4v) is 1.27.